The highest BCUT2D eigenvalue weighted by Gasteiger charge is 2.16. The van der Waals surface area contributed by atoms with E-state index in [2.05, 4.69) is 10.9 Å². The maximum atomic E-state index is 11.5. The van der Waals surface area contributed by atoms with Gasteiger partial charge >= 0.3 is 11.9 Å². The van der Waals surface area contributed by atoms with Crippen molar-refractivity contribution in [3.63, 3.8) is 0 Å². The Labute approximate surface area is 394 Å². The van der Waals surface area contributed by atoms with Crippen LogP contribution in [0.3, 0.4) is 0 Å². The van der Waals surface area contributed by atoms with Gasteiger partial charge in [-0.15, -0.1) is 4.91 Å². The number of ether oxygens (including phenoxy) is 14. The van der Waals surface area contributed by atoms with Gasteiger partial charge in [0.2, 0.25) is 0 Å². The number of hydrogen-bond acceptors (Lipinski definition) is 20. The maximum absolute atomic E-state index is 11.5. The molecule has 0 bridgehead atoms. The first-order valence-electron chi connectivity index (χ1n) is 23.0. The van der Waals surface area contributed by atoms with E-state index in [9.17, 15) is 24.1 Å². The average molecular weight is 961 g/mol. The molecular weight excluding hydrogens is 872 g/mol. The standard InChI is InChI=1S/C23H44O9.C21H39NO10.CH5N/c1-5-21(24)8-10-27-12-14-29-16-18-31-20-19-30-17-15-28-13-11-26-9-6-7-22(25)32-23(2,3)4;1-21(2,3)32-20(24)5-4-7-26-9-11-28-13-15-30-17-18-31-16-14-29-12-10-27-8-6-19(23)22-25;1-2/h5-20H2,1-4H3;4-18H2,1-3H3;2H2,1H3. The zero-order valence-corrected chi connectivity index (χ0v) is 41.7. The number of Topliss-reactive ketones (excluding diaryl/α,β-unsaturated/α-hetero) is 1. The van der Waals surface area contributed by atoms with E-state index >= 15 is 0 Å². The summed E-state index contributed by atoms with van der Waals surface area (Å²) in [5, 5.41) is 2.27. The van der Waals surface area contributed by atoms with E-state index in [0.29, 0.717) is 190 Å². The molecule has 0 aliphatic rings. The van der Waals surface area contributed by atoms with Crippen LogP contribution in [0.5, 0.6) is 0 Å². The number of esters is 2. The number of hydrogen-bond donors (Lipinski definition) is 1. The maximum Gasteiger partial charge on any atom is 0.306 e. The van der Waals surface area contributed by atoms with Crippen molar-refractivity contribution in [3.8, 4) is 0 Å². The van der Waals surface area contributed by atoms with Crippen molar-refractivity contribution in [2.75, 3.05) is 166 Å². The molecule has 0 fully saturated rings. The third kappa shape index (κ3) is 63.4. The molecular formula is C45H88N2O19. The van der Waals surface area contributed by atoms with Crippen molar-refractivity contribution in [2.45, 2.75) is 105 Å². The quantitative estimate of drug-likeness (QED) is 0.0513. The summed E-state index contributed by atoms with van der Waals surface area (Å²) in [6.07, 6.45) is 2.98. The Hall–Kier alpha value is -2.64. The summed E-state index contributed by atoms with van der Waals surface area (Å²) < 4.78 is 74.7. The minimum atomic E-state index is -0.717. The largest absolute Gasteiger partial charge is 0.460 e. The van der Waals surface area contributed by atoms with E-state index in [1.165, 1.54) is 7.05 Å². The number of amides is 1. The van der Waals surface area contributed by atoms with Crippen molar-refractivity contribution in [1.29, 1.82) is 0 Å². The fraction of sp³-hybridized carbons (Fsp3) is 0.911. The predicted molar refractivity (Wildman–Crippen MR) is 245 cm³/mol. The number of carbonyl (C=O) groups is 4. The van der Waals surface area contributed by atoms with Crippen LogP contribution >= 0.6 is 0 Å². The van der Waals surface area contributed by atoms with Crippen LogP contribution in [0.25, 0.3) is 0 Å². The first kappa shape index (κ1) is 67.6. The summed E-state index contributed by atoms with van der Waals surface area (Å²) in [5.74, 6) is -0.915. The Bertz CT molecular complexity index is 1110. The molecule has 0 aliphatic carbocycles. The highest BCUT2D eigenvalue weighted by atomic mass is 16.6. The third-order valence-electron chi connectivity index (χ3n) is 7.38. The summed E-state index contributed by atoms with van der Waals surface area (Å²) in [5.41, 5.74) is 3.61. The number of nitrogens with zero attached hydrogens (tertiary/aromatic N) is 1. The van der Waals surface area contributed by atoms with Crippen molar-refractivity contribution in [3.05, 3.63) is 4.91 Å². The van der Waals surface area contributed by atoms with Crippen LogP contribution in [0, 0.1) is 4.91 Å². The average Bonchev–Trinajstić information content (AvgIpc) is 3.26. The number of carbonyl (C=O) groups excluding carboxylic acids is 4. The van der Waals surface area contributed by atoms with Gasteiger partial charge in [-0.1, -0.05) is 6.92 Å². The molecule has 0 aliphatic heterocycles. The van der Waals surface area contributed by atoms with Crippen LogP contribution in [0.1, 0.15) is 93.4 Å². The third-order valence-corrected chi connectivity index (χ3v) is 7.38. The highest BCUT2D eigenvalue weighted by Crippen LogP contribution is 2.10. The second kappa shape index (κ2) is 51.7. The molecule has 0 radical (unpaired) electrons. The first-order chi connectivity index (χ1) is 31.7. The molecule has 66 heavy (non-hydrogen) atoms. The molecule has 2 N–H and O–H groups in total. The van der Waals surface area contributed by atoms with Crippen molar-refractivity contribution in [2.24, 2.45) is 10.9 Å². The minimum absolute atomic E-state index is 0.0111. The van der Waals surface area contributed by atoms with Gasteiger partial charge in [0.1, 0.15) is 17.0 Å². The van der Waals surface area contributed by atoms with E-state index in [1.54, 1.807) is 0 Å². The number of nitroso groups, excluding NO2 is 1. The van der Waals surface area contributed by atoms with Crippen LogP contribution in [0.15, 0.2) is 5.18 Å². The monoisotopic (exact) mass is 961 g/mol. The Morgan fingerprint density at radius 2 is 0.591 bits per heavy atom. The SMILES string of the molecule is CC(C)(C)OC(=O)CCCOCCOCCOCCOCCOCCOCCC(=O)N=O.CCC(=O)CCOCCOCCOCCOCCOCCOCCCC(=O)OC(C)(C)C.CN. The van der Waals surface area contributed by atoms with Crippen LogP contribution in [0.4, 0.5) is 0 Å². The van der Waals surface area contributed by atoms with Gasteiger partial charge in [0.15, 0.2) is 0 Å². The van der Waals surface area contributed by atoms with E-state index in [1.807, 2.05) is 48.5 Å². The van der Waals surface area contributed by atoms with E-state index < -0.39 is 17.1 Å². The summed E-state index contributed by atoms with van der Waals surface area (Å²) >= 11 is 0. The molecule has 0 aromatic carbocycles. The fourth-order valence-electron chi connectivity index (χ4n) is 4.39. The van der Waals surface area contributed by atoms with Gasteiger partial charge in [0.25, 0.3) is 5.91 Å². The topological polar surface area (TPSA) is 253 Å². The Kier molecular flexibility index (Phi) is 53.0. The molecule has 392 valence electrons. The molecule has 0 heterocycles. The lowest BCUT2D eigenvalue weighted by atomic mass is 10.2. The smallest absolute Gasteiger partial charge is 0.306 e. The van der Waals surface area contributed by atoms with Crippen LogP contribution in [0.2, 0.25) is 0 Å². The van der Waals surface area contributed by atoms with Crippen LogP contribution < -0.4 is 5.73 Å². The van der Waals surface area contributed by atoms with Gasteiger partial charge in [-0.05, 0) is 61.4 Å². The molecule has 0 unspecified atom stereocenters. The van der Waals surface area contributed by atoms with Crippen molar-refractivity contribution >= 4 is 23.6 Å². The van der Waals surface area contributed by atoms with Gasteiger partial charge in [-0.2, -0.15) is 0 Å². The van der Waals surface area contributed by atoms with Crippen LogP contribution in [-0.4, -0.2) is 200 Å². The van der Waals surface area contributed by atoms with E-state index in [4.69, 9.17) is 66.3 Å². The van der Waals surface area contributed by atoms with Gasteiger partial charge in [-0.25, -0.2) is 0 Å². The molecule has 0 saturated carbocycles. The lowest BCUT2D eigenvalue weighted by Crippen LogP contribution is -2.23. The summed E-state index contributed by atoms with van der Waals surface area (Å²) in [7, 11) is 1.50. The molecule has 1 amide bonds. The van der Waals surface area contributed by atoms with E-state index in [0.717, 1.165) is 0 Å². The van der Waals surface area contributed by atoms with Crippen molar-refractivity contribution in [1.82, 2.24) is 0 Å². The molecule has 0 aromatic rings. The van der Waals surface area contributed by atoms with E-state index in [-0.39, 0.29) is 30.7 Å². The Morgan fingerprint density at radius 1 is 0.364 bits per heavy atom. The summed E-state index contributed by atoms with van der Waals surface area (Å²) in [6, 6.07) is 0. The lowest BCUT2D eigenvalue weighted by molar-refractivity contribution is -0.156. The summed E-state index contributed by atoms with van der Waals surface area (Å²) in [6.45, 7) is 23.9. The zero-order chi connectivity index (χ0) is 49.8. The zero-order valence-electron chi connectivity index (χ0n) is 41.7. The number of rotatable bonds is 45. The van der Waals surface area contributed by atoms with Gasteiger partial charge in [-0.3, -0.25) is 19.2 Å². The second-order valence-corrected chi connectivity index (χ2v) is 15.6. The minimum Gasteiger partial charge on any atom is -0.460 e. The molecule has 21 nitrogen and oxygen atoms in total. The van der Waals surface area contributed by atoms with Gasteiger partial charge < -0.3 is 72.0 Å². The first-order valence-corrected chi connectivity index (χ1v) is 23.0. The van der Waals surface area contributed by atoms with Gasteiger partial charge in [0, 0.05) is 44.1 Å². The number of ketones is 1. The lowest BCUT2D eigenvalue weighted by Gasteiger charge is -2.19. The molecule has 0 spiro atoms. The normalized spacial score (nSPS) is 11.3. The number of nitrogens with two attached hydrogens (primary N) is 1. The molecule has 0 atom stereocenters. The van der Waals surface area contributed by atoms with Crippen molar-refractivity contribution < 1.29 is 85.5 Å². The highest BCUT2D eigenvalue weighted by molar-refractivity contribution is 5.78. The molecule has 0 aromatic heterocycles. The summed E-state index contributed by atoms with van der Waals surface area (Å²) in [4.78, 5) is 54.6. The Morgan fingerprint density at radius 3 is 0.818 bits per heavy atom. The van der Waals surface area contributed by atoms with Gasteiger partial charge in [0.05, 0.1) is 152 Å². The van der Waals surface area contributed by atoms with Crippen LogP contribution in [-0.2, 0) is 85.5 Å². The Balaban J connectivity index is -0.00000116. The molecule has 0 saturated heterocycles. The fourth-order valence-corrected chi connectivity index (χ4v) is 4.39. The predicted octanol–water partition coefficient (Wildman–Crippen LogP) is 4.04. The molecule has 0 rings (SSSR count). The molecule has 21 heteroatoms. The second-order valence-electron chi connectivity index (χ2n) is 15.6.